The maximum absolute atomic E-state index is 12.7. The molecule has 0 unspecified atom stereocenters. The lowest BCUT2D eigenvalue weighted by Gasteiger charge is -2.38. The zero-order valence-corrected chi connectivity index (χ0v) is 18.6. The quantitative estimate of drug-likeness (QED) is 0.595. The second-order valence-corrected chi connectivity index (χ2v) is 8.30. The van der Waals surface area contributed by atoms with Crippen molar-refractivity contribution in [2.24, 2.45) is 0 Å². The molecular formula is C26H35N3O2. The van der Waals surface area contributed by atoms with Crippen LogP contribution in [0.3, 0.4) is 0 Å². The van der Waals surface area contributed by atoms with Gasteiger partial charge in [0.15, 0.2) is 0 Å². The summed E-state index contributed by atoms with van der Waals surface area (Å²) in [6.45, 7) is 5.70. The number of amides is 2. The lowest BCUT2D eigenvalue weighted by atomic mass is 10.0. The molecule has 0 aliphatic carbocycles. The Hall–Kier alpha value is -2.66. The fourth-order valence-corrected chi connectivity index (χ4v) is 4.28. The molecular weight excluding hydrogens is 386 g/mol. The van der Waals surface area contributed by atoms with E-state index >= 15 is 0 Å². The number of benzene rings is 2. The lowest BCUT2D eigenvalue weighted by Crippen LogP contribution is -2.49. The van der Waals surface area contributed by atoms with Crippen LogP contribution < -0.4 is 5.32 Å². The summed E-state index contributed by atoms with van der Waals surface area (Å²) >= 11 is 0. The molecule has 166 valence electrons. The summed E-state index contributed by atoms with van der Waals surface area (Å²) in [5, 5.41) is 3.08. The van der Waals surface area contributed by atoms with Crippen LogP contribution in [0.2, 0.25) is 0 Å². The van der Waals surface area contributed by atoms with Gasteiger partial charge in [0.25, 0.3) is 5.91 Å². The Morgan fingerprint density at radius 2 is 1.65 bits per heavy atom. The zero-order valence-electron chi connectivity index (χ0n) is 18.6. The molecule has 0 atom stereocenters. The minimum absolute atomic E-state index is 0.101. The first-order valence-electron chi connectivity index (χ1n) is 11.6. The molecule has 2 aromatic rings. The van der Waals surface area contributed by atoms with Crippen molar-refractivity contribution >= 4 is 11.8 Å². The highest BCUT2D eigenvalue weighted by molar-refractivity contribution is 5.94. The van der Waals surface area contributed by atoms with Gasteiger partial charge < -0.3 is 10.2 Å². The number of carbonyl (C=O) groups is 2. The molecule has 0 aromatic heterocycles. The number of carbonyl (C=O) groups excluding carboxylic acids is 2. The number of nitrogens with one attached hydrogen (secondary N) is 1. The number of hydrogen-bond donors (Lipinski definition) is 1. The maximum Gasteiger partial charge on any atom is 0.253 e. The van der Waals surface area contributed by atoms with E-state index in [9.17, 15) is 9.59 Å². The van der Waals surface area contributed by atoms with Gasteiger partial charge in [-0.15, -0.1) is 0 Å². The molecule has 1 saturated heterocycles. The molecule has 0 radical (unpaired) electrons. The van der Waals surface area contributed by atoms with Gasteiger partial charge in [0.05, 0.1) is 6.54 Å². The highest BCUT2D eigenvalue weighted by Crippen LogP contribution is 2.19. The summed E-state index contributed by atoms with van der Waals surface area (Å²) in [7, 11) is 0. The van der Waals surface area contributed by atoms with Crippen molar-refractivity contribution in [1.82, 2.24) is 15.1 Å². The van der Waals surface area contributed by atoms with Gasteiger partial charge in [0, 0.05) is 31.2 Å². The molecule has 5 nitrogen and oxygen atoms in total. The Morgan fingerprint density at radius 1 is 1.00 bits per heavy atom. The van der Waals surface area contributed by atoms with E-state index in [1.807, 2.05) is 41.3 Å². The standard InChI is InChI=1S/C26H35N3O2/c1-2-18-29(21-25(30)27-17-9-12-22-10-5-3-6-11-22)24-15-19-28(20-16-24)26(31)23-13-7-4-8-14-23/h3-8,10-11,13-14,24H,2,9,12,15-21H2,1H3,(H,27,30). The number of likely N-dealkylation sites (tertiary alicyclic amines) is 1. The van der Waals surface area contributed by atoms with Gasteiger partial charge in [-0.05, 0) is 56.3 Å². The van der Waals surface area contributed by atoms with Crippen LogP contribution in [-0.4, -0.2) is 60.4 Å². The first-order chi connectivity index (χ1) is 15.2. The van der Waals surface area contributed by atoms with E-state index < -0.39 is 0 Å². The van der Waals surface area contributed by atoms with Crippen LogP contribution in [0.5, 0.6) is 0 Å². The Kier molecular flexibility index (Phi) is 9.10. The van der Waals surface area contributed by atoms with Crippen molar-refractivity contribution in [2.45, 2.75) is 45.1 Å². The van der Waals surface area contributed by atoms with Crippen molar-refractivity contribution in [3.8, 4) is 0 Å². The molecule has 2 aromatic carbocycles. The fraction of sp³-hybridized carbons (Fsp3) is 0.462. The highest BCUT2D eigenvalue weighted by Gasteiger charge is 2.28. The van der Waals surface area contributed by atoms with E-state index in [2.05, 4.69) is 41.4 Å². The molecule has 1 heterocycles. The van der Waals surface area contributed by atoms with Gasteiger partial charge in [-0.25, -0.2) is 0 Å². The third-order valence-corrected chi connectivity index (χ3v) is 5.95. The second kappa shape index (κ2) is 12.3. The number of rotatable bonds is 10. The third kappa shape index (κ3) is 7.21. The van der Waals surface area contributed by atoms with Crippen LogP contribution in [0.25, 0.3) is 0 Å². The van der Waals surface area contributed by atoms with Crippen molar-refractivity contribution in [3.63, 3.8) is 0 Å². The fourth-order valence-electron chi connectivity index (χ4n) is 4.28. The van der Waals surface area contributed by atoms with Crippen LogP contribution in [0.4, 0.5) is 0 Å². The second-order valence-electron chi connectivity index (χ2n) is 8.30. The Labute approximate surface area is 186 Å². The number of hydrogen-bond acceptors (Lipinski definition) is 3. The number of aryl methyl sites for hydroxylation is 1. The molecule has 1 aliphatic heterocycles. The summed E-state index contributed by atoms with van der Waals surface area (Å²) in [6, 6.07) is 20.2. The lowest BCUT2D eigenvalue weighted by molar-refractivity contribution is -0.123. The predicted molar refractivity (Wildman–Crippen MR) is 125 cm³/mol. The summed E-state index contributed by atoms with van der Waals surface area (Å²) in [5.74, 6) is 0.210. The summed E-state index contributed by atoms with van der Waals surface area (Å²) in [6.07, 6.45) is 4.78. The van der Waals surface area contributed by atoms with Gasteiger partial charge in [-0.2, -0.15) is 0 Å². The largest absolute Gasteiger partial charge is 0.355 e. The average molecular weight is 422 g/mol. The highest BCUT2D eigenvalue weighted by atomic mass is 16.2. The zero-order chi connectivity index (χ0) is 21.9. The van der Waals surface area contributed by atoms with Gasteiger partial charge >= 0.3 is 0 Å². The van der Waals surface area contributed by atoms with Crippen LogP contribution in [-0.2, 0) is 11.2 Å². The van der Waals surface area contributed by atoms with E-state index in [1.54, 1.807) is 0 Å². The Bertz CT molecular complexity index is 802. The molecule has 31 heavy (non-hydrogen) atoms. The SMILES string of the molecule is CCCN(CC(=O)NCCCc1ccccc1)C1CCN(C(=O)c2ccccc2)CC1. The monoisotopic (exact) mass is 421 g/mol. The van der Waals surface area contributed by atoms with E-state index in [0.717, 1.165) is 57.3 Å². The van der Waals surface area contributed by atoms with Crippen LogP contribution in [0.1, 0.15) is 48.5 Å². The maximum atomic E-state index is 12.7. The summed E-state index contributed by atoms with van der Waals surface area (Å²) in [5.41, 5.74) is 2.06. The normalized spacial score (nSPS) is 14.6. The van der Waals surface area contributed by atoms with Gasteiger partial charge in [0.2, 0.25) is 5.91 Å². The minimum atomic E-state index is 0.101. The molecule has 3 rings (SSSR count). The molecule has 2 amide bonds. The molecule has 0 saturated carbocycles. The van der Waals surface area contributed by atoms with Crippen LogP contribution >= 0.6 is 0 Å². The van der Waals surface area contributed by atoms with Crippen LogP contribution in [0, 0.1) is 0 Å². The van der Waals surface area contributed by atoms with E-state index in [-0.39, 0.29) is 11.8 Å². The molecule has 1 N–H and O–H groups in total. The third-order valence-electron chi connectivity index (χ3n) is 5.95. The topological polar surface area (TPSA) is 52.7 Å². The Balaban J connectivity index is 1.41. The molecule has 5 heteroatoms. The average Bonchev–Trinajstić information content (AvgIpc) is 2.82. The first-order valence-corrected chi connectivity index (χ1v) is 11.6. The molecule has 1 aliphatic rings. The summed E-state index contributed by atoms with van der Waals surface area (Å²) < 4.78 is 0. The number of nitrogens with zero attached hydrogens (tertiary/aromatic N) is 2. The van der Waals surface area contributed by atoms with E-state index in [1.165, 1.54) is 5.56 Å². The smallest absolute Gasteiger partial charge is 0.253 e. The molecule has 0 bridgehead atoms. The molecule has 1 fully saturated rings. The number of piperidine rings is 1. The molecule has 0 spiro atoms. The van der Waals surface area contributed by atoms with E-state index in [4.69, 9.17) is 0 Å². The van der Waals surface area contributed by atoms with Gasteiger partial charge in [0.1, 0.15) is 0 Å². The van der Waals surface area contributed by atoms with Crippen molar-refractivity contribution in [1.29, 1.82) is 0 Å². The van der Waals surface area contributed by atoms with Gasteiger partial charge in [-0.3, -0.25) is 14.5 Å². The predicted octanol–water partition coefficient (Wildman–Crippen LogP) is 3.75. The van der Waals surface area contributed by atoms with Crippen molar-refractivity contribution in [2.75, 3.05) is 32.7 Å². The van der Waals surface area contributed by atoms with E-state index in [0.29, 0.717) is 19.1 Å². The van der Waals surface area contributed by atoms with Crippen LogP contribution in [0.15, 0.2) is 60.7 Å². The summed E-state index contributed by atoms with van der Waals surface area (Å²) in [4.78, 5) is 29.4. The Morgan fingerprint density at radius 3 is 2.29 bits per heavy atom. The minimum Gasteiger partial charge on any atom is -0.355 e. The van der Waals surface area contributed by atoms with Crippen molar-refractivity contribution in [3.05, 3.63) is 71.8 Å². The van der Waals surface area contributed by atoms with Crippen molar-refractivity contribution < 1.29 is 9.59 Å². The van der Waals surface area contributed by atoms with Gasteiger partial charge in [-0.1, -0.05) is 55.5 Å². The first kappa shape index (κ1) is 23.0.